The van der Waals surface area contributed by atoms with Gasteiger partial charge in [-0.25, -0.2) is 9.80 Å². The zero-order valence-electron chi connectivity index (χ0n) is 15.3. The van der Waals surface area contributed by atoms with Crippen LogP contribution in [0.4, 0.5) is 5.69 Å². The van der Waals surface area contributed by atoms with E-state index in [4.69, 9.17) is 0 Å². The quantitative estimate of drug-likeness (QED) is 0.909. The van der Waals surface area contributed by atoms with Gasteiger partial charge in [0.05, 0.1) is 5.69 Å². The van der Waals surface area contributed by atoms with E-state index < -0.39 is 11.5 Å². The second-order valence-electron chi connectivity index (χ2n) is 6.92. The maximum atomic E-state index is 13.0. The number of aliphatic carboxylic acids is 1. The van der Waals surface area contributed by atoms with Gasteiger partial charge in [-0.05, 0) is 38.8 Å². The third-order valence-electron chi connectivity index (χ3n) is 4.52. The van der Waals surface area contributed by atoms with Gasteiger partial charge in [0.2, 0.25) is 5.91 Å². The zero-order valence-corrected chi connectivity index (χ0v) is 15.3. The van der Waals surface area contributed by atoms with Gasteiger partial charge in [-0.3, -0.25) is 9.80 Å². The normalized spacial score (nSPS) is 15.0. The molecule has 130 valence electrons. The lowest BCUT2D eigenvalue weighted by Gasteiger charge is -2.49. The van der Waals surface area contributed by atoms with E-state index in [-0.39, 0.29) is 11.8 Å². The summed E-state index contributed by atoms with van der Waals surface area (Å²) >= 11 is 0. The van der Waals surface area contributed by atoms with Crippen molar-refractivity contribution in [3.63, 3.8) is 0 Å². The Kier molecular flexibility index (Phi) is 4.74. The molecule has 2 rings (SSSR count). The molecule has 0 fully saturated rings. The Morgan fingerprint density at radius 2 is 1.79 bits per heavy atom. The molecule has 5 heteroatoms. The number of fused-ring (bicyclic) bond motifs is 1. The summed E-state index contributed by atoms with van der Waals surface area (Å²) in [4.78, 5) is 24.9. The SMILES string of the molecule is CCC1=C(C)c2ccccc2N(C(=O)C(C)C)N1C(C)(C)C(=O)O. The number of para-hydroxylation sites is 1. The molecule has 1 heterocycles. The Balaban J connectivity index is 2.80. The number of hydrogen-bond donors (Lipinski definition) is 1. The van der Waals surface area contributed by atoms with Crippen molar-refractivity contribution in [3.05, 3.63) is 35.5 Å². The smallest absolute Gasteiger partial charge is 0.331 e. The highest BCUT2D eigenvalue weighted by atomic mass is 16.4. The third-order valence-corrected chi connectivity index (χ3v) is 4.52. The van der Waals surface area contributed by atoms with Crippen molar-refractivity contribution in [3.8, 4) is 0 Å². The molecule has 1 N–H and O–H groups in total. The molecular weight excluding hydrogens is 304 g/mol. The highest BCUT2D eigenvalue weighted by molar-refractivity contribution is 6.00. The molecule has 0 radical (unpaired) electrons. The molecule has 0 spiro atoms. The van der Waals surface area contributed by atoms with Crippen LogP contribution in [0.25, 0.3) is 5.57 Å². The predicted molar refractivity (Wildman–Crippen MR) is 95.2 cm³/mol. The van der Waals surface area contributed by atoms with Crippen LogP contribution >= 0.6 is 0 Å². The molecule has 0 aliphatic carbocycles. The Morgan fingerprint density at radius 1 is 1.21 bits per heavy atom. The second kappa shape index (κ2) is 6.30. The number of hydrazine groups is 1. The largest absolute Gasteiger partial charge is 0.479 e. The molecular formula is C19H26N2O3. The van der Waals surface area contributed by atoms with Gasteiger partial charge in [0.25, 0.3) is 0 Å². The zero-order chi connectivity index (χ0) is 18.2. The van der Waals surface area contributed by atoms with E-state index >= 15 is 0 Å². The molecule has 0 aromatic heterocycles. The van der Waals surface area contributed by atoms with Crippen molar-refractivity contribution >= 4 is 23.1 Å². The number of carbonyl (C=O) groups is 2. The van der Waals surface area contributed by atoms with Gasteiger partial charge in [0, 0.05) is 17.2 Å². The standard InChI is InChI=1S/C19H26N2O3/c1-7-15-13(4)14-10-8-9-11-16(14)20(17(22)12(2)3)21(15)19(5,6)18(23)24/h8-12H,7H2,1-6H3,(H,23,24). The first-order chi connectivity index (χ1) is 11.1. The maximum absolute atomic E-state index is 13.0. The van der Waals surface area contributed by atoms with Crippen molar-refractivity contribution in [2.75, 3.05) is 5.01 Å². The molecule has 0 bridgehead atoms. The number of nitrogens with zero attached hydrogens (tertiary/aromatic N) is 2. The number of hydrogen-bond acceptors (Lipinski definition) is 3. The van der Waals surface area contributed by atoms with Crippen LogP contribution in [-0.2, 0) is 9.59 Å². The molecule has 5 nitrogen and oxygen atoms in total. The predicted octanol–water partition coefficient (Wildman–Crippen LogP) is 3.91. The summed E-state index contributed by atoms with van der Waals surface area (Å²) in [5.41, 5.74) is 2.33. The average Bonchev–Trinajstić information content (AvgIpc) is 2.53. The van der Waals surface area contributed by atoms with E-state index in [0.29, 0.717) is 6.42 Å². The number of allylic oxidation sites excluding steroid dienone is 2. The Morgan fingerprint density at radius 3 is 2.29 bits per heavy atom. The first-order valence-corrected chi connectivity index (χ1v) is 8.31. The first kappa shape index (κ1) is 18.0. The number of carboxylic acids is 1. The van der Waals surface area contributed by atoms with Crippen molar-refractivity contribution in [1.29, 1.82) is 0 Å². The molecule has 1 aromatic carbocycles. The number of benzene rings is 1. The van der Waals surface area contributed by atoms with Gasteiger partial charge in [0.15, 0.2) is 5.54 Å². The summed E-state index contributed by atoms with van der Waals surface area (Å²) < 4.78 is 0. The minimum absolute atomic E-state index is 0.116. The molecule has 1 aliphatic rings. The van der Waals surface area contributed by atoms with Gasteiger partial charge in [-0.1, -0.05) is 39.0 Å². The van der Waals surface area contributed by atoms with Gasteiger partial charge in [-0.2, -0.15) is 0 Å². The molecule has 24 heavy (non-hydrogen) atoms. The number of rotatable bonds is 4. The van der Waals surface area contributed by atoms with Crippen LogP contribution in [0.3, 0.4) is 0 Å². The van der Waals surface area contributed by atoms with E-state index in [9.17, 15) is 14.7 Å². The highest BCUT2D eigenvalue weighted by Crippen LogP contribution is 2.42. The molecule has 0 unspecified atom stereocenters. The Hall–Kier alpha value is -2.30. The molecule has 0 saturated carbocycles. The van der Waals surface area contributed by atoms with Gasteiger partial charge in [-0.15, -0.1) is 0 Å². The monoisotopic (exact) mass is 330 g/mol. The lowest BCUT2D eigenvalue weighted by Crippen LogP contribution is -2.61. The van der Waals surface area contributed by atoms with E-state index in [0.717, 1.165) is 22.5 Å². The fraction of sp³-hybridized carbons (Fsp3) is 0.474. The van der Waals surface area contributed by atoms with Crippen LogP contribution in [0.1, 0.15) is 53.5 Å². The van der Waals surface area contributed by atoms with Crippen LogP contribution < -0.4 is 5.01 Å². The lowest BCUT2D eigenvalue weighted by atomic mass is 9.94. The number of carboxylic acid groups (broad SMARTS) is 1. The number of carbonyl (C=O) groups excluding carboxylic acids is 1. The van der Waals surface area contributed by atoms with Gasteiger partial charge in [0.1, 0.15) is 0 Å². The number of anilines is 1. The van der Waals surface area contributed by atoms with E-state index in [2.05, 4.69) is 0 Å². The summed E-state index contributed by atoms with van der Waals surface area (Å²) in [5.74, 6) is -1.33. The minimum atomic E-state index is -1.25. The van der Waals surface area contributed by atoms with Crippen LogP contribution in [0.2, 0.25) is 0 Å². The summed E-state index contributed by atoms with van der Waals surface area (Å²) in [7, 11) is 0. The van der Waals surface area contributed by atoms with E-state index in [1.165, 1.54) is 0 Å². The first-order valence-electron chi connectivity index (χ1n) is 8.31. The summed E-state index contributed by atoms with van der Waals surface area (Å²) in [6.45, 7) is 10.9. The van der Waals surface area contributed by atoms with Gasteiger partial charge < -0.3 is 5.11 Å². The Bertz CT molecular complexity index is 704. The lowest BCUT2D eigenvalue weighted by molar-refractivity contribution is -0.149. The molecule has 1 aliphatic heterocycles. The van der Waals surface area contributed by atoms with E-state index in [1.54, 1.807) is 23.9 Å². The van der Waals surface area contributed by atoms with Crippen LogP contribution in [0.15, 0.2) is 30.0 Å². The third kappa shape index (κ3) is 2.68. The van der Waals surface area contributed by atoms with Gasteiger partial charge >= 0.3 is 5.97 Å². The Labute approximate surface area is 143 Å². The molecule has 0 saturated heterocycles. The minimum Gasteiger partial charge on any atom is -0.479 e. The summed E-state index contributed by atoms with van der Waals surface area (Å²) in [5, 5.41) is 13.0. The fourth-order valence-corrected chi connectivity index (χ4v) is 3.07. The molecule has 0 atom stereocenters. The van der Waals surface area contributed by atoms with Crippen molar-refractivity contribution in [1.82, 2.24) is 5.01 Å². The van der Waals surface area contributed by atoms with Crippen molar-refractivity contribution in [2.24, 2.45) is 5.92 Å². The number of amides is 1. The summed E-state index contributed by atoms with van der Waals surface area (Å²) in [6, 6.07) is 7.66. The van der Waals surface area contributed by atoms with Crippen molar-refractivity contribution < 1.29 is 14.7 Å². The van der Waals surface area contributed by atoms with E-state index in [1.807, 2.05) is 52.0 Å². The van der Waals surface area contributed by atoms with Crippen LogP contribution in [0, 0.1) is 5.92 Å². The molecule has 1 aromatic rings. The second-order valence-corrected chi connectivity index (χ2v) is 6.92. The fourth-order valence-electron chi connectivity index (χ4n) is 3.07. The maximum Gasteiger partial charge on any atom is 0.331 e. The van der Waals surface area contributed by atoms with Crippen LogP contribution in [0.5, 0.6) is 0 Å². The highest BCUT2D eigenvalue weighted by Gasteiger charge is 2.45. The average molecular weight is 330 g/mol. The molecule has 1 amide bonds. The summed E-state index contributed by atoms with van der Waals surface area (Å²) in [6.07, 6.45) is 0.638. The van der Waals surface area contributed by atoms with Crippen LogP contribution in [-0.4, -0.2) is 27.5 Å². The topological polar surface area (TPSA) is 60.9 Å². The van der Waals surface area contributed by atoms with Crippen molar-refractivity contribution in [2.45, 2.75) is 53.5 Å².